The van der Waals surface area contributed by atoms with Gasteiger partial charge in [-0.05, 0) is 42.5 Å². The van der Waals surface area contributed by atoms with Crippen molar-refractivity contribution in [3.63, 3.8) is 0 Å². The Hall–Kier alpha value is -2.06. The Morgan fingerprint density at radius 3 is 3.04 bits per heavy atom. The van der Waals surface area contributed by atoms with Crippen LogP contribution in [0.3, 0.4) is 0 Å². The van der Waals surface area contributed by atoms with E-state index in [-0.39, 0.29) is 11.9 Å². The van der Waals surface area contributed by atoms with Gasteiger partial charge >= 0.3 is 0 Å². The number of aromatic nitrogens is 4. The van der Waals surface area contributed by atoms with Gasteiger partial charge in [0.25, 0.3) is 0 Å². The quantitative estimate of drug-likeness (QED) is 0.859. The summed E-state index contributed by atoms with van der Waals surface area (Å²) in [4.78, 5) is 17.3. The second kappa shape index (κ2) is 6.45. The van der Waals surface area contributed by atoms with Crippen LogP contribution in [0.15, 0.2) is 24.1 Å². The van der Waals surface area contributed by atoms with Crippen molar-refractivity contribution in [2.24, 2.45) is 0 Å². The minimum atomic E-state index is -0.0477. The van der Waals surface area contributed by atoms with Crippen LogP contribution in [-0.4, -0.2) is 56.6 Å². The third-order valence-corrected chi connectivity index (χ3v) is 5.85. The Labute approximate surface area is 144 Å². The lowest BCUT2D eigenvalue weighted by molar-refractivity contribution is -0.122. The number of hydrogen-bond donors (Lipinski definition) is 1. The first-order chi connectivity index (χ1) is 11.8. The number of aromatic amines is 1. The molecule has 0 spiro atoms. The van der Waals surface area contributed by atoms with Crippen LogP contribution in [0.25, 0.3) is 11.4 Å². The number of amides is 1. The molecule has 2 unspecified atom stereocenters. The molecule has 2 atom stereocenters. The van der Waals surface area contributed by atoms with Crippen molar-refractivity contribution in [1.82, 2.24) is 25.5 Å². The van der Waals surface area contributed by atoms with E-state index in [1.54, 1.807) is 11.3 Å². The maximum absolute atomic E-state index is 13.1. The smallest absolute Gasteiger partial charge is 0.245 e. The van der Waals surface area contributed by atoms with Gasteiger partial charge in [0.2, 0.25) is 11.7 Å². The van der Waals surface area contributed by atoms with E-state index in [1.807, 2.05) is 22.4 Å². The summed E-state index contributed by atoms with van der Waals surface area (Å²) in [5.74, 6) is 0.709. The second-order valence-electron chi connectivity index (χ2n) is 6.21. The molecule has 2 fully saturated rings. The molecule has 7 nitrogen and oxygen atoms in total. The van der Waals surface area contributed by atoms with Crippen molar-refractivity contribution >= 4 is 22.2 Å². The molecule has 1 amide bonds. The number of carbonyl (C=O) groups is 1. The number of thiophene rings is 1. The minimum Gasteiger partial charge on any atom is -0.302 e. The number of H-pyrrole nitrogens is 1. The summed E-state index contributed by atoms with van der Waals surface area (Å²) < 4.78 is 0. The number of hydrogen-bond acceptors (Lipinski definition) is 6. The molecule has 2 aliphatic rings. The minimum absolute atomic E-state index is 0.0477. The highest BCUT2D eigenvalue weighted by Gasteiger charge is 2.40. The van der Waals surface area contributed by atoms with Gasteiger partial charge in [0, 0.05) is 12.6 Å². The van der Waals surface area contributed by atoms with Crippen LogP contribution < -0.4 is 4.90 Å². The van der Waals surface area contributed by atoms with Gasteiger partial charge in [0.05, 0.1) is 11.6 Å². The average molecular weight is 344 g/mol. The monoisotopic (exact) mass is 344 g/mol. The molecule has 4 rings (SSSR count). The Morgan fingerprint density at radius 2 is 2.25 bits per heavy atom. The predicted molar refractivity (Wildman–Crippen MR) is 92.8 cm³/mol. The van der Waals surface area contributed by atoms with E-state index in [0.29, 0.717) is 11.9 Å². The molecule has 2 aliphatic heterocycles. The number of nitrogens with one attached hydrogen (secondary N) is 1. The molecule has 8 heteroatoms. The summed E-state index contributed by atoms with van der Waals surface area (Å²) in [6.07, 6.45) is 6.31. The zero-order valence-corrected chi connectivity index (χ0v) is 14.2. The van der Waals surface area contributed by atoms with Gasteiger partial charge in [0.1, 0.15) is 5.00 Å². The van der Waals surface area contributed by atoms with Crippen LogP contribution in [-0.2, 0) is 4.79 Å². The molecule has 0 aliphatic carbocycles. The van der Waals surface area contributed by atoms with Crippen molar-refractivity contribution < 1.29 is 4.79 Å². The van der Waals surface area contributed by atoms with E-state index in [4.69, 9.17) is 0 Å². The summed E-state index contributed by atoms with van der Waals surface area (Å²) in [5, 5.41) is 17.1. The topological polar surface area (TPSA) is 78.0 Å². The van der Waals surface area contributed by atoms with Crippen LogP contribution in [0.1, 0.15) is 25.7 Å². The largest absolute Gasteiger partial charge is 0.302 e. The Morgan fingerprint density at radius 1 is 1.33 bits per heavy atom. The number of anilines is 1. The molecule has 0 aromatic carbocycles. The van der Waals surface area contributed by atoms with Gasteiger partial charge in [-0.2, -0.15) is 5.21 Å². The van der Waals surface area contributed by atoms with E-state index in [9.17, 15) is 4.79 Å². The van der Waals surface area contributed by atoms with E-state index < -0.39 is 0 Å². The maximum Gasteiger partial charge on any atom is 0.245 e. The summed E-state index contributed by atoms with van der Waals surface area (Å²) in [7, 11) is 0. The summed E-state index contributed by atoms with van der Waals surface area (Å²) in [5.41, 5.74) is 0.863. The Balaban J connectivity index is 1.58. The molecule has 0 saturated carbocycles. The van der Waals surface area contributed by atoms with Crippen LogP contribution in [0.2, 0.25) is 0 Å². The van der Waals surface area contributed by atoms with Crippen LogP contribution >= 0.6 is 11.3 Å². The van der Waals surface area contributed by atoms with E-state index >= 15 is 0 Å². The molecule has 0 bridgehead atoms. The van der Waals surface area contributed by atoms with E-state index in [2.05, 4.69) is 32.1 Å². The first-order valence-corrected chi connectivity index (χ1v) is 9.18. The molecule has 4 heterocycles. The number of likely N-dealkylation sites (tertiary alicyclic amines) is 1. The van der Waals surface area contributed by atoms with Crippen molar-refractivity contribution in [2.75, 3.05) is 18.0 Å². The average Bonchev–Trinajstić information content (AvgIpc) is 3.34. The molecule has 2 saturated heterocycles. The van der Waals surface area contributed by atoms with Crippen LogP contribution in [0.4, 0.5) is 5.00 Å². The van der Waals surface area contributed by atoms with Gasteiger partial charge in [-0.25, -0.2) is 0 Å². The number of rotatable bonds is 4. The lowest BCUT2D eigenvalue weighted by atomic mass is 9.99. The molecule has 2 aromatic rings. The zero-order chi connectivity index (χ0) is 16.5. The molecule has 126 valence electrons. The van der Waals surface area contributed by atoms with Crippen molar-refractivity contribution in [2.45, 2.75) is 37.8 Å². The third-order valence-electron chi connectivity index (χ3n) is 4.92. The number of piperidine rings is 1. The Bertz CT molecular complexity index is 727. The molecule has 24 heavy (non-hydrogen) atoms. The number of carbonyl (C=O) groups excluding carboxylic acids is 1. The highest BCUT2D eigenvalue weighted by Crippen LogP contribution is 2.38. The molecule has 1 N–H and O–H groups in total. The van der Waals surface area contributed by atoms with E-state index in [0.717, 1.165) is 42.9 Å². The SMILES string of the molecule is C=CC1CCCCN1C1CCN(c2sccc2-c2nn[nH]n2)C1=O. The first-order valence-electron chi connectivity index (χ1n) is 8.30. The predicted octanol–water partition coefficient (Wildman–Crippen LogP) is 2.07. The summed E-state index contributed by atoms with van der Waals surface area (Å²) in [6, 6.07) is 2.21. The number of nitrogens with zero attached hydrogens (tertiary/aromatic N) is 5. The molecule has 2 aromatic heterocycles. The van der Waals surface area contributed by atoms with Gasteiger partial charge < -0.3 is 4.90 Å². The van der Waals surface area contributed by atoms with Gasteiger partial charge in [-0.15, -0.1) is 28.1 Å². The highest BCUT2D eigenvalue weighted by molar-refractivity contribution is 7.15. The number of tetrazole rings is 1. The standard InChI is InChI=1S/C16H20N6OS/c1-2-11-5-3-4-8-21(11)13-6-9-22(15(13)23)16-12(7-10-24-16)14-17-19-20-18-14/h2,7,10-11,13H,1,3-6,8-9H2,(H,17,18,19,20). The van der Waals surface area contributed by atoms with Crippen LogP contribution in [0.5, 0.6) is 0 Å². The van der Waals surface area contributed by atoms with E-state index in [1.165, 1.54) is 6.42 Å². The van der Waals surface area contributed by atoms with Gasteiger partial charge in [0.15, 0.2) is 0 Å². The Kier molecular flexibility index (Phi) is 4.15. The zero-order valence-electron chi connectivity index (χ0n) is 13.4. The highest BCUT2D eigenvalue weighted by atomic mass is 32.1. The molecular weight excluding hydrogens is 324 g/mol. The maximum atomic E-state index is 13.1. The molecular formula is C16H20N6OS. The van der Waals surface area contributed by atoms with Crippen molar-refractivity contribution in [1.29, 1.82) is 0 Å². The summed E-state index contributed by atoms with van der Waals surface area (Å²) >= 11 is 1.55. The van der Waals surface area contributed by atoms with Gasteiger partial charge in [-0.3, -0.25) is 9.69 Å². The van der Waals surface area contributed by atoms with Crippen LogP contribution in [0, 0.1) is 0 Å². The lowest BCUT2D eigenvalue weighted by Gasteiger charge is -2.37. The fraction of sp³-hybridized carbons (Fsp3) is 0.500. The summed E-state index contributed by atoms with van der Waals surface area (Å²) in [6.45, 7) is 5.66. The van der Waals surface area contributed by atoms with Crippen molar-refractivity contribution in [3.8, 4) is 11.4 Å². The first kappa shape index (κ1) is 15.5. The fourth-order valence-electron chi connectivity index (χ4n) is 3.75. The lowest BCUT2D eigenvalue weighted by Crippen LogP contribution is -2.49. The normalized spacial score (nSPS) is 25.3. The fourth-order valence-corrected chi connectivity index (χ4v) is 4.68. The third kappa shape index (κ3) is 2.55. The van der Waals surface area contributed by atoms with Gasteiger partial charge in [-0.1, -0.05) is 12.5 Å². The molecule has 0 radical (unpaired) electrons. The second-order valence-corrected chi connectivity index (χ2v) is 7.10. The van der Waals surface area contributed by atoms with Crippen molar-refractivity contribution in [3.05, 3.63) is 24.1 Å².